The Morgan fingerprint density at radius 1 is 0.833 bits per heavy atom. The molecule has 0 bridgehead atoms. The highest BCUT2D eigenvalue weighted by atomic mass is 32.2. The highest BCUT2D eigenvalue weighted by molar-refractivity contribution is 7.89. The average molecular weight is 457 g/mol. The number of sulfonamides is 2. The van der Waals surface area contributed by atoms with Crippen molar-refractivity contribution < 1.29 is 26.3 Å². The molecule has 0 spiro atoms. The van der Waals surface area contributed by atoms with Gasteiger partial charge in [0.05, 0.1) is 24.0 Å². The zero-order valence-corrected chi connectivity index (χ0v) is 19.2. The standard InChI is InChI=1S/C20H28N2O6S2/c1-5-22(6-2)30(25,26)17-9-7-16(8-10-17)13-14-21-29(23,24)18-11-12-19(27-3)20(15-18)28-4/h7-12,15,21H,5-6,13-14H2,1-4H3. The van der Waals surface area contributed by atoms with Crippen molar-refractivity contribution in [3.63, 3.8) is 0 Å². The first-order chi connectivity index (χ1) is 14.2. The fraction of sp³-hybridized carbons (Fsp3) is 0.400. The van der Waals surface area contributed by atoms with Crippen LogP contribution in [-0.4, -0.2) is 55.0 Å². The van der Waals surface area contributed by atoms with Crippen molar-refractivity contribution in [1.82, 2.24) is 9.03 Å². The third kappa shape index (κ3) is 5.51. The van der Waals surface area contributed by atoms with E-state index < -0.39 is 20.0 Å². The van der Waals surface area contributed by atoms with Crippen LogP contribution in [0.3, 0.4) is 0 Å². The zero-order valence-electron chi connectivity index (χ0n) is 17.6. The van der Waals surface area contributed by atoms with E-state index >= 15 is 0 Å². The molecule has 2 aromatic carbocycles. The lowest BCUT2D eigenvalue weighted by atomic mass is 10.2. The molecule has 0 aliphatic heterocycles. The van der Waals surface area contributed by atoms with E-state index in [0.717, 1.165) is 5.56 Å². The Balaban J connectivity index is 2.04. The van der Waals surface area contributed by atoms with Crippen molar-refractivity contribution in [2.45, 2.75) is 30.1 Å². The summed E-state index contributed by atoms with van der Waals surface area (Å²) < 4.78 is 64.3. The van der Waals surface area contributed by atoms with E-state index in [1.54, 1.807) is 38.1 Å². The molecule has 0 saturated heterocycles. The monoisotopic (exact) mass is 456 g/mol. The SMILES string of the molecule is CCN(CC)S(=O)(=O)c1ccc(CCNS(=O)(=O)c2ccc(OC)c(OC)c2)cc1. The minimum Gasteiger partial charge on any atom is -0.493 e. The normalized spacial score (nSPS) is 12.2. The van der Waals surface area contributed by atoms with Crippen LogP contribution in [0.4, 0.5) is 0 Å². The van der Waals surface area contributed by atoms with Gasteiger partial charge in [0.1, 0.15) is 0 Å². The molecule has 8 nitrogen and oxygen atoms in total. The summed E-state index contributed by atoms with van der Waals surface area (Å²) in [5.74, 6) is 0.765. The Bertz CT molecular complexity index is 1050. The first-order valence-corrected chi connectivity index (χ1v) is 12.4. The molecule has 0 aliphatic carbocycles. The second-order valence-corrected chi connectivity index (χ2v) is 10.1. The maximum atomic E-state index is 12.5. The minimum atomic E-state index is -3.73. The van der Waals surface area contributed by atoms with Crippen LogP contribution in [0.2, 0.25) is 0 Å². The number of nitrogens with zero attached hydrogens (tertiary/aromatic N) is 1. The molecule has 10 heteroatoms. The first-order valence-electron chi connectivity index (χ1n) is 9.50. The van der Waals surface area contributed by atoms with Gasteiger partial charge >= 0.3 is 0 Å². The fourth-order valence-corrected chi connectivity index (χ4v) is 5.44. The van der Waals surface area contributed by atoms with Gasteiger partial charge in [0.2, 0.25) is 20.0 Å². The maximum Gasteiger partial charge on any atom is 0.243 e. The van der Waals surface area contributed by atoms with Crippen molar-refractivity contribution in [3.8, 4) is 11.5 Å². The van der Waals surface area contributed by atoms with E-state index in [9.17, 15) is 16.8 Å². The molecule has 30 heavy (non-hydrogen) atoms. The lowest BCUT2D eigenvalue weighted by Gasteiger charge is -2.18. The molecule has 0 atom stereocenters. The topological polar surface area (TPSA) is 102 Å². The number of rotatable bonds is 11. The van der Waals surface area contributed by atoms with Crippen molar-refractivity contribution in [2.75, 3.05) is 33.9 Å². The first kappa shape index (κ1) is 24.1. The molecule has 0 amide bonds. The zero-order chi connectivity index (χ0) is 22.4. The molecule has 0 aliphatic rings. The van der Waals surface area contributed by atoms with Crippen molar-refractivity contribution >= 4 is 20.0 Å². The summed E-state index contributed by atoms with van der Waals surface area (Å²) in [5, 5.41) is 0. The van der Waals surface area contributed by atoms with Crippen LogP contribution in [-0.2, 0) is 26.5 Å². The van der Waals surface area contributed by atoms with Gasteiger partial charge in [0.15, 0.2) is 11.5 Å². The van der Waals surface area contributed by atoms with Gasteiger partial charge in [-0.1, -0.05) is 26.0 Å². The quantitative estimate of drug-likeness (QED) is 0.556. The molecule has 0 saturated carbocycles. The molecular weight excluding hydrogens is 428 g/mol. The predicted octanol–water partition coefficient (Wildman–Crippen LogP) is 2.26. The predicted molar refractivity (Wildman–Crippen MR) is 115 cm³/mol. The largest absolute Gasteiger partial charge is 0.493 e. The lowest BCUT2D eigenvalue weighted by molar-refractivity contribution is 0.354. The number of methoxy groups -OCH3 is 2. The molecular formula is C20H28N2O6S2. The van der Waals surface area contributed by atoms with Crippen molar-refractivity contribution in [2.24, 2.45) is 0 Å². The Hall–Kier alpha value is -2.14. The minimum absolute atomic E-state index is 0.0702. The van der Waals surface area contributed by atoms with Crippen LogP contribution in [0, 0.1) is 0 Å². The van der Waals surface area contributed by atoms with Crippen molar-refractivity contribution in [3.05, 3.63) is 48.0 Å². The molecule has 0 radical (unpaired) electrons. The van der Waals surface area contributed by atoms with Crippen LogP contribution in [0.15, 0.2) is 52.3 Å². The highest BCUT2D eigenvalue weighted by Crippen LogP contribution is 2.29. The smallest absolute Gasteiger partial charge is 0.243 e. The molecule has 0 fully saturated rings. The molecule has 0 aromatic heterocycles. The third-order valence-electron chi connectivity index (χ3n) is 4.64. The summed E-state index contributed by atoms with van der Waals surface area (Å²) in [6.07, 6.45) is 0.415. The van der Waals surface area contributed by atoms with Gasteiger partial charge in [0, 0.05) is 25.7 Å². The van der Waals surface area contributed by atoms with E-state index in [0.29, 0.717) is 31.0 Å². The van der Waals surface area contributed by atoms with Gasteiger partial charge in [0.25, 0.3) is 0 Å². The molecule has 166 valence electrons. The van der Waals surface area contributed by atoms with E-state index in [2.05, 4.69) is 4.72 Å². The van der Waals surface area contributed by atoms with Gasteiger partial charge < -0.3 is 9.47 Å². The van der Waals surface area contributed by atoms with Gasteiger partial charge in [-0.25, -0.2) is 21.6 Å². The number of hydrogen-bond acceptors (Lipinski definition) is 6. The van der Waals surface area contributed by atoms with Crippen molar-refractivity contribution in [1.29, 1.82) is 0 Å². The average Bonchev–Trinajstić information content (AvgIpc) is 2.74. The second kappa shape index (κ2) is 10.3. The van der Waals surface area contributed by atoms with Crippen LogP contribution >= 0.6 is 0 Å². The van der Waals surface area contributed by atoms with Gasteiger partial charge in [-0.2, -0.15) is 4.31 Å². The summed E-state index contributed by atoms with van der Waals surface area (Å²) in [4.78, 5) is 0.293. The summed E-state index contributed by atoms with van der Waals surface area (Å²) in [7, 11) is -4.32. The Kier molecular flexibility index (Phi) is 8.25. The lowest BCUT2D eigenvalue weighted by Crippen LogP contribution is -2.30. The Morgan fingerprint density at radius 2 is 1.40 bits per heavy atom. The number of benzene rings is 2. The van der Waals surface area contributed by atoms with Gasteiger partial charge in [-0.3, -0.25) is 0 Å². The maximum absolute atomic E-state index is 12.5. The fourth-order valence-electron chi connectivity index (χ4n) is 2.94. The second-order valence-electron chi connectivity index (χ2n) is 6.40. The van der Waals surface area contributed by atoms with Crippen LogP contribution in [0.5, 0.6) is 11.5 Å². The number of nitrogens with one attached hydrogen (secondary N) is 1. The molecule has 2 rings (SSSR count). The summed E-state index contributed by atoms with van der Waals surface area (Å²) >= 11 is 0. The van der Waals surface area contributed by atoms with E-state index in [1.807, 2.05) is 0 Å². The van der Waals surface area contributed by atoms with Gasteiger partial charge in [-0.05, 0) is 36.2 Å². The molecule has 1 N–H and O–H groups in total. The van der Waals surface area contributed by atoms with E-state index in [-0.39, 0.29) is 16.3 Å². The highest BCUT2D eigenvalue weighted by Gasteiger charge is 2.21. The summed E-state index contributed by atoms with van der Waals surface area (Å²) in [6.45, 7) is 4.55. The van der Waals surface area contributed by atoms with Gasteiger partial charge in [-0.15, -0.1) is 0 Å². The molecule has 0 heterocycles. The summed E-state index contributed by atoms with van der Waals surface area (Å²) in [6, 6.07) is 10.9. The van der Waals surface area contributed by atoms with Crippen LogP contribution in [0.25, 0.3) is 0 Å². The Labute approximate surface area is 178 Å². The van der Waals surface area contributed by atoms with E-state index in [1.165, 1.54) is 36.7 Å². The van der Waals surface area contributed by atoms with Crippen LogP contribution in [0.1, 0.15) is 19.4 Å². The third-order valence-corrected chi connectivity index (χ3v) is 8.16. The summed E-state index contributed by atoms with van der Waals surface area (Å²) in [5.41, 5.74) is 0.823. The molecule has 0 unspecified atom stereocenters. The molecule has 2 aromatic rings. The number of hydrogen-bond donors (Lipinski definition) is 1. The van der Waals surface area contributed by atoms with Crippen LogP contribution < -0.4 is 14.2 Å². The van der Waals surface area contributed by atoms with E-state index in [4.69, 9.17) is 9.47 Å². The Morgan fingerprint density at radius 3 is 1.93 bits per heavy atom. The number of ether oxygens (including phenoxy) is 2.